The molecule has 0 bridgehead atoms. The van der Waals surface area contributed by atoms with Crippen molar-refractivity contribution in [3.63, 3.8) is 0 Å². The Morgan fingerprint density at radius 2 is 1.45 bits per heavy atom. The van der Waals surface area contributed by atoms with Crippen molar-refractivity contribution in [3.8, 4) is 0 Å². The Labute approximate surface area is 134 Å². The SMILES string of the molecule is CC(C)(C)Cc1cccc(CC(C)(C)Cc2ccncn2)n1. The van der Waals surface area contributed by atoms with E-state index in [4.69, 9.17) is 4.98 Å². The summed E-state index contributed by atoms with van der Waals surface area (Å²) in [7, 11) is 0. The van der Waals surface area contributed by atoms with Gasteiger partial charge in [0.05, 0.1) is 0 Å². The van der Waals surface area contributed by atoms with Gasteiger partial charge in [-0.25, -0.2) is 9.97 Å². The molecule has 2 heterocycles. The highest BCUT2D eigenvalue weighted by Crippen LogP contribution is 2.26. The number of hydrogen-bond acceptors (Lipinski definition) is 3. The Morgan fingerprint density at radius 1 is 0.818 bits per heavy atom. The lowest BCUT2D eigenvalue weighted by Crippen LogP contribution is -2.20. The second-order valence-electron chi connectivity index (χ2n) is 8.08. The van der Waals surface area contributed by atoms with Crippen LogP contribution in [0.3, 0.4) is 0 Å². The molecule has 0 saturated heterocycles. The molecule has 0 aromatic carbocycles. The molecule has 2 aromatic rings. The smallest absolute Gasteiger partial charge is 0.115 e. The summed E-state index contributed by atoms with van der Waals surface area (Å²) in [5.74, 6) is 0. The largest absolute Gasteiger partial charge is 0.258 e. The minimum atomic E-state index is 0.127. The Hall–Kier alpha value is -1.77. The van der Waals surface area contributed by atoms with Crippen molar-refractivity contribution in [2.24, 2.45) is 10.8 Å². The third kappa shape index (κ3) is 5.55. The molecule has 2 rings (SSSR count). The number of nitrogens with zero attached hydrogens (tertiary/aromatic N) is 3. The third-order valence-corrected chi connectivity index (χ3v) is 3.54. The summed E-state index contributed by atoms with van der Waals surface area (Å²) in [5, 5.41) is 0. The number of pyridine rings is 1. The first kappa shape index (κ1) is 16.6. The summed E-state index contributed by atoms with van der Waals surface area (Å²) in [6.45, 7) is 11.3. The van der Waals surface area contributed by atoms with Crippen LogP contribution < -0.4 is 0 Å². The lowest BCUT2D eigenvalue weighted by atomic mass is 9.82. The normalized spacial score (nSPS) is 12.4. The second kappa shape index (κ2) is 6.55. The van der Waals surface area contributed by atoms with Crippen molar-refractivity contribution < 1.29 is 0 Å². The number of aromatic nitrogens is 3. The molecule has 3 heteroatoms. The topological polar surface area (TPSA) is 38.7 Å². The molecule has 0 aliphatic carbocycles. The highest BCUT2D eigenvalue weighted by atomic mass is 14.8. The van der Waals surface area contributed by atoms with Crippen LogP contribution in [0, 0.1) is 10.8 Å². The van der Waals surface area contributed by atoms with Crippen LogP contribution in [0.15, 0.2) is 36.8 Å². The molecule has 3 nitrogen and oxygen atoms in total. The average Bonchev–Trinajstić information content (AvgIpc) is 2.36. The highest BCUT2D eigenvalue weighted by molar-refractivity contribution is 5.14. The number of rotatable bonds is 5. The van der Waals surface area contributed by atoms with E-state index in [0.29, 0.717) is 0 Å². The molecule has 0 spiro atoms. The first-order valence-electron chi connectivity index (χ1n) is 7.93. The van der Waals surface area contributed by atoms with Gasteiger partial charge in [0, 0.05) is 23.3 Å². The van der Waals surface area contributed by atoms with E-state index in [1.54, 1.807) is 12.5 Å². The van der Waals surface area contributed by atoms with Gasteiger partial charge in [0.15, 0.2) is 0 Å². The van der Waals surface area contributed by atoms with Gasteiger partial charge in [0.2, 0.25) is 0 Å². The van der Waals surface area contributed by atoms with Crippen molar-refractivity contribution in [1.82, 2.24) is 15.0 Å². The van der Waals surface area contributed by atoms with E-state index < -0.39 is 0 Å². The van der Waals surface area contributed by atoms with Gasteiger partial charge in [-0.2, -0.15) is 0 Å². The lowest BCUT2D eigenvalue weighted by molar-refractivity contribution is 0.351. The fourth-order valence-corrected chi connectivity index (χ4v) is 2.74. The first-order valence-corrected chi connectivity index (χ1v) is 7.93. The zero-order valence-corrected chi connectivity index (χ0v) is 14.4. The monoisotopic (exact) mass is 297 g/mol. The van der Waals surface area contributed by atoms with Crippen molar-refractivity contribution in [2.75, 3.05) is 0 Å². The predicted octanol–water partition coefficient (Wildman–Crippen LogP) is 4.27. The molecule has 0 radical (unpaired) electrons. The molecular weight excluding hydrogens is 270 g/mol. The lowest BCUT2D eigenvalue weighted by Gasteiger charge is -2.24. The Kier molecular flexibility index (Phi) is 4.94. The molecular formula is C19H27N3. The van der Waals surface area contributed by atoms with Gasteiger partial charge in [-0.15, -0.1) is 0 Å². The fourth-order valence-electron chi connectivity index (χ4n) is 2.74. The van der Waals surface area contributed by atoms with Crippen LogP contribution in [-0.4, -0.2) is 15.0 Å². The molecule has 0 unspecified atom stereocenters. The summed E-state index contributed by atoms with van der Waals surface area (Å²) in [6, 6.07) is 8.38. The van der Waals surface area contributed by atoms with Gasteiger partial charge in [0.25, 0.3) is 0 Å². The Balaban J connectivity index is 2.07. The van der Waals surface area contributed by atoms with E-state index in [9.17, 15) is 0 Å². The highest BCUT2D eigenvalue weighted by Gasteiger charge is 2.21. The van der Waals surface area contributed by atoms with E-state index in [1.165, 1.54) is 11.4 Å². The van der Waals surface area contributed by atoms with Gasteiger partial charge < -0.3 is 0 Å². The molecule has 0 saturated carbocycles. The fraction of sp³-hybridized carbons (Fsp3) is 0.526. The minimum Gasteiger partial charge on any atom is -0.258 e. The summed E-state index contributed by atoms with van der Waals surface area (Å²) in [6.07, 6.45) is 6.32. The summed E-state index contributed by atoms with van der Waals surface area (Å²) < 4.78 is 0. The molecule has 0 atom stereocenters. The van der Waals surface area contributed by atoms with Gasteiger partial charge in [0.1, 0.15) is 6.33 Å². The zero-order chi connectivity index (χ0) is 16.2. The van der Waals surface area contributed by atoms with Gasteiger partial charge in [-0.3, -0.25) is 4.98 Å². The van der Waals surface area contributed by atoms with Crippen LogP contribution in [0.1, 0.15) is 51.7 Å². The van der Waals surface area contributed by atoms with Gasteiger partial charge in [-0.1, -0.05) is 40.7 Å². The van der Waals surface area contributed by atoms with Gasteiger partial charge in [-0.05, 0) is 48.3 Å². The van der Waals surface area contributed by atoms with Crippen LogP contribution in [0.25, 0.3) is 0 Å². The molecule has 0 N–H and O–H groups in total. The molecule has 2 aromatic heterocycles. The maximum Gasteiger partial charge on any atom is 0.115 e. The molecule has 0 amide bonds. The molecule has 0 aliphatic heterocycles. The van der Waals surface area contributed by atoms with Crippen LogP contribution >= 0.6 is 0 Å². The summed E-state index contributed by atoms with van der Waals surface area (Å²) in [4.78, 5) is 13.2. The summed E-state index contributed by atoms with van der Waals surface area (Å²) >= 11 is 0. The maximum absolute atomic E-state index is 4.85. The van der Waals surface area contributed by atoms with E-state index in [-0.39, 0.29) is 10.8 Å². The zero-order valence-electron chi connectivity index (χ0n) is 14.4. The molecule has 22 heavy (non-hydrogen) atoms. The quantitative estimate of drug-likeness (QED) is 0.827. The average molecular weight is 297 g/mol. The molecule has 118 valence electrons. The maximum atomic E-state index is 4.85. The molecule has 0 aliphatic rings. The minimum absolute atomic E-state index is 0.127. The van der Waals surface area contributed by atoms with Crippen LogP contribution in [0.5, 0.6) is 0 Å². The summed E-state index contributed by atoms with van der Waals surface area (Å²) in [5.41, 5.74) is 3.83. The van der Waals surface area contributed by atoms with Crippen molar-refractivity contribution in [1.29, 1.82) is 0 Å². The van der Waals surface area contributed by atoms with Crippen molar-refractivity contribution in [3.05, 3.63) is 53.9 Å². The van der Waals surface area contributed by atoms with E-state index >= 15 is 0 Å². The van der Waals surface area contributed by atoms with Crippen LogP contribution in [0.4, 0.5) is 0 Å². The van der Waals surface area contributed by atoms with Gasteiger partial charge >= 0.3 is 0 Å². The standard InChI is InChI=1S/C19H27N3/c1-18(2,3)11-16-7-6-8-17(22-16)13-19(4,5)12-15-9-10-20-14-21-15/h6-10,14H,11-13H2,1-5H3. The second-order valence-corrected chi connectivity index (χ2v) is 8.08. The van der Waals surface area contributed by atoms with E-state index in [1.807, 2.05) is 6.07 Å². The van der Waals surface area contributed by atoms with E-state index in [2.05, 4.69) is 62.8 Å². The number of hydrogen-bond donors (Lipinski definition) is 0. The Bertz CT molecular complexity index is 598. The first-order chi connectivity index (χ1) is 10.2. The molecule has 0 fully saturated rings. The van der Waals surface area contributed by atoms with Crippen LogP contribution in [0.2, 0.25) is 0 Å². The van der Waals surface area contributed by atoms with Crippen molar-refractivity contribution >= 4 is 0 Å². The van der Waals surface area contributed by atoms with Crippen LogP contribution in [-0.2, 0) is 19.3 Å². The third-order valence-electron chi connectivity index (χ3n) is 3.54. The predicted molar refractivity (Wildman–Crippen MR) is 90.6 cm³/mol. The van der Waals surface area contributed by atoms with Crippen molar-refractivity contribution in [2.45, 2.75) is 53.9 Å². The Morgan fingerprint density at radius 3 is 2.05 bits per heavy atom. The van der Waals surface area contributed by atoms with E-state index in [0.717, 1.165) is 25.0 Å².